The summed E-state index contributed by atoms with van der Waals surface area (Å²) in [5.74, 6) is 0.469. The van der Waals surface area contributed by atoms with Gasteiger partial charge in [0, 0.05) is 36.5 Å². The Kier molecular flexibility index (Phi) is 5.84. The summed E-state index contributed by atoms with van der Waals surface area (Å²) < 4.78 is 0. The molecule has 134 valence electrons. The van der Waals surface area contributed by atoms with Crippen LogP contribution in [0.25, 0.3) is 11.3 Å². The summed E-state index contributed by atoms with van der Waals surface area (Å²) in [5, 5.41) is 3.21. The number of likely N-dealkylation sites (tertiary alicyclic amines) is 1. The number of aromatic nitrogens is 1. The number of rotatable bonds is 5. The van der Waals surface area contributed by atoms with Gasteiger partial charge in [0.15, 0.2) is 0 Å². The molecule has 1 aliphatic heterocycles. The number of carbonyl (C=O) groups is 1. The molecule has 1 aromatic carbocycles. The van der Waals surface area contributed by atoms with E-state index in [0.29, 0.717) is 11.5 Å². The monoisotopic (exact) mass is 347 g/mol. The van der Waals surface area contributed by atoms with Crippen molar-refractivity contribution in [3.63, 3.8) is 0 Å². The Bertz CT molecular complexity index is 773. The van der Waals surface area contributed by atoms with Gasteiger partial charge in [0.2, 0.25) is 0 Å². The maximum Gasteiger partial charge on any atom is 0.255 e. The van der Waals surface area contributed by atoms with Crippen LogP contribution in [0, 0.1) is 5.92 Å². The molecule has 0 radical (unpaired) electrons. The smallest absolute Gasteiger partial charge is 0.255 e. The van der Waals surface area contributed by atoms with Crippen LogP contribution in [0.5, 0.6) is 0 Å². The Hall–Kier alpha value is -2.88. The molecule has 4 heteroatoms. The predicted octanol–water partition coefficient (Wildman–Crippen LogP) is 4.24. The van der Waals surface area contributed by atoms with Gasteiger partial charge < -0.3 is 10.2 Å². The second-order valence-corrected chi connectivity index (χ2v) is 6.53. The van der Waals surface area contributed by atoms with Gasteiger partial charge in [-0.25, -0.2) is 0 Å². The number of nitrogens with zero attached hydrogens (tertiary/aromatic N) is 2. The molecule has 1 fully saturated rings. The highest BCUT2D eigenvalue weighted by Gasteiger charge is 2.25. The molecule has 0 aliphatic carbocycles. The van der Waals surface area contributed by atoms with Gasteiger partial charge in [-0.1, -0.05) is 43.0 Å². The molecule has 1 amide bonds. The van der Waals surface area contributed by atoms with Crippen LogP contribution < -0.4 is 5.32 Å². The quantitative estimate of drug-likeness (QED) is 0.880. The minimum absolute atomic E-state index is 0.0580. The molecular weight excluding hydrogens is 322 g/mol. The maximum absolute atomic E-state index is 12.7. The molecule has 1 N–H and O–H groups in total. The molecule has 2 aromatic rings. The Morgan fingerprint density at radius 2 is 1.92 bits per heavy atom. The van der Waals surface area contributed by atoms with Crippen molar-refractivity contribution >= 4 is 5.91 Å². The summed E-state index contributed by atoms with van der Waals surface area (Å²) in [7, 11) is 0. The topological polar surface area (TPSA) is 45.2 Å². The molecule has 3 rings (SSSR count). The second kappa shape index (κ2) is 8.48. The summed E-state index contributed by atoms with van der Waals surface area (Å²) >= 11 is 0. The van der Waals surface area contributed by atoms with Gasteiger partial charge in [-0.3, -0.25) is 9.78 Å². The van der Waals surface area contributed by atoms with E-state index >= 15 is 0 Å². The van der Waals surface area contributed by atoms with Crippen LogP contribution in [0.15, 0.2) is 73.2 Å². The molecule has 1 saturated heterocycles. The summed E-state index contributed by atoms with van der Waals surface area (Å²) in [6, 6.07) is 13.8. The molecular formula is C22H25N3O. The van der Waals surface area contributed by atoms with Crippen LogP contribution in [0.3, 0.4) is 0 Å². The predicted molar refractivity (Wildman–Crippen MR) is 105 cm³/mol. The van der Waals surface area contributed by atoms with Crippen LogP contribution in [0.1, 0.15) is 30.1 Å². The van der Waals surface area contributed by atoms with E-state index in [9.17, 15) is 4.79 Å². The van der Waals surface area contributed by atoms with Crippen molar-refractivity contribution in [1.29, 1.82) is 0 Å². The number of hydrogen-bond acceptors (Lipinski definition) is 3. The van der Waals surface area contributed by atoms with Crippen molar-refractivity contribution in [2.45, 2.75) is 19.8 Å². The van der Waals surface area contributed by atoms with Gasteiger partial charge in [0.1, 0.15) is 0 Å². The van der Waals surface area contributed by atoms with Crippen molar-refractivity contribution in [3.05, 3.63) is 78.8 Å². The van der Waals surface area contributed by atoms with E-state index in [1.165, 1.54) is 0 Å². The molecule has 0 saturated carbocycles. The third-order valence-electron chi connectivity index (χ3n) is 4.79. The summed E-state index contributed by atoms with van der Waals surface area (Å²) in [6.07, 6.45) is 7.41. The average molecular weight is 347 g/mol. The fourth-order valence-electron chi connectivity index (χ4n) is 3.22. The lowest BCUT2D eigenvalue weighted by Gasteiger charge is -2.33. The van der Waals surface area contributed by atoms with E-state index in [0.717, 1.165) is 42.9 Å². The average Bonchev–Trinajstić information content (AvgIpc) is 2.72. The lowest BCUT2D eigenvalue weighted by atomic mass is 9.93. The van der Waals surface area contributed by atoms with Crippen molar-refractivity contribution in [1.82, 2.24) is 15.2 Å². The van der Waals surface area contributed by atoms with Crippen molar-refractivity contribution in [3.8, 4) is 11.3 Å². The standard InChI is InChI=1S/C22H25N3O/c1-3-13-23-17(2)18-11-14-25(15-12-18)22(26)20-9-10-21(24-16-20)19-7-5-4-6-8-19/h3-10,13,16,18,23H,2,11-12,14-15H2,1H3/b13-3-. The van der Waals surface area contributed by atoms with E-state index in [1.807, 2.05) is 66.6 Å². The van der Waals surface area contributed by atoms with Gasteiger partial charge in [-0.05, 0) is 38.1 Å². The lowest BCUT2D eigenvalue weighted by molar-refractivity contribution is 0.0700. The summed E-state index contributed by atoms with van der Waals surface area (Å²) in [6.45, 7) is 7.58. The number of hydrogen-bond donors (Lipinski definition) is 1. The van der Waals surface area contributed by atoms with Gasteiger partial charge in [0.25, 0.3) is 5.91 Å². The van der Waals surface area contributed by atoms with Crippen LogP contribution in [0.4, 0.5) is 0 Å². The second-order valence-electron chi connectivity index (χ2n) is 6.53. The number of carbonyl (C=O) groups excluding carboxylic acids is 1. The first-order valence-corrected chi connectivity index (χ1v) is 9.06. The highest BCUT2D eigenvalue weighted by Crippen LogP contribution is 2.24. The van der Waals surface area contributed by atoms with Gasteiger partial charge >= 0.3 is 0 Å². The largest absolute Gasteiger partial charge is 0.366 e. The Balaban J connectivity index is 1.59. The number of pyridine rings is 1. The molecule has 0 spiro atoms. The Labute approximate surface area is 155 Å². The first kappa shape index (κ1) is 17.9. The van der Waals surface area contributed by atoms with Gasteiger partial charge in [-0.15, -0.1) is 0 Å². The first-order valence-electron chi connectivity index (χ1n) is 9.06. The van der Waals surface area contributed by atoms with Gasteiger partial charge in [0.05, 0.1) is 11.3 Å². The van der Waals surface area contributed by atoms with E-state index in [2.05, 4.69) is 16.9 Å². The van der Waals surface area contributed by atoms with Gasteiger partial charge in [-0.2, -0.15) is 0 Å². The zero-order chi connectivity index (χ0) is 18.4. The van der Waals surface area contributed by atoms with Crippen LogP contribution in [-0.4, -0.2) is 28.9 Å². The SMILES string of the molecule is C=C(N/C=C\C)C1CCN(C(=O)c2ccc(-c3ccccc3)nc2)CC1. The molecule has 26 heavy (non-hydrogen) atoms. The van der Waals surface area contributed by atoms with Crippen molar-refractivity contribution in [2.24, 2.45) is 5.92 Å². The van der Waals surface area contributed by atoms with Crippen LogP contribution in [0.2, 0.25) is 0 Å². The zero-order valence-corrected chi connectivity index (χ0v) is 15.2. The first-order chi connectivity index (χ1) is 12.7. The highest BCUT2D eigenvalue weighted by molar-refractivity contribution is 5.94. The van der Waals surface area contributed by atoms with E-state index in [1.54, 1.807) is 6.20 Å². The normalized spacial score (nSPS) is 15.2. The minimum atomic E-state index is 0.0580. The van der Waals surface area contributed by atoms with E-state index < -0.39 is 0 Å². The lowest BCUT2D eigenvalue weighted by Crippen LogP contribution is -2.39. The number of benzene rings is 1. The number of piperidine rings is 1. The highest BCUT2D eigenvalue weighted by atomic mass is 16.2. The van der Waals surface area contributed by atoms with Crippen molar-refractivity contribution in [2.75, 3.05) is 13.1 Å². The van der Waals surface area contributed by atoms with E-state index in [4.69, 9.17) is 0 Å². The summed E-state index contributed by atoms with van der Waals surface area (Å²) in [5.41, 5.74) is 3.62. The Morgan fingerprint density at radius 1 is 1.19 bits per heavy atom. The third kappa shape index (κ3) is 4.20. The van der Waals surface area contributed by atoms with Crippen LogP contribution >= 0.6 is 0 Å². The molecule has 4 nitrogen and oxygen atoms in total. The summed E-state index contributed by atoms with van der Waals surface area (Å²) in [4.78, 5) is 19.1. The minimum Gasteiger partial charge on any atom is -0.366 e. The van der Waals surface area contributed by atoms with Crippen LogP contribution in [-0.2, 0) is 0 Å². The third-order valence-corrected chi connectivity index (χ3v) is 4.79. The number of amides is 1. The zero-order valence-electron chi connectivity index (χ0n) is 15.2. The Morgan fingerprint density at radius 3 is 2.54 bits per heavy atom. The number of nitrogens with one attached hydrogen (secondary N) is 1. The molecule has 0 atom stereocenters. The molecule has 0 bridgehead atoms. The fourth-order valence-corrected chi connectivity index (χ4v) is 3.22. The fraction of sp³-hybridized carbons (Fsp3) is 0.273. The molecule has 1 aromatic heterocycles. The molecule has 0 unspecified atom stereocenters. The molecule has 1 aliphatic rings. The number of allylic oxidation sites excluding steroid dienone is 2. The maximum atomic E-state index is 12.7. The van der Waals surface area contributed by atoms with Crippen molar-refractivity contribution < 1.29 is 4.79 Å². The van der Waals surface area contributed by atoms with E-state index in [-0.39, 0.29) is 5.91 Å². The molecule has 2 heterocycles.